The van der Waals surface area contributed by atoms with Crippen molar-refractivity contribution in [1.82, 2.24) is 4.98 Å². The summed E-state index contributed by atoms with van der Waals surface area (Å²) in [5.41, 5.74) is 4.88. The van der Waals surface area contributed by atoms with E-state index in [9.17, 15) is 14.7 Å². The molecule has 0 atom stereocenters. The lowest BCUT2D eigenvalue weighted by atomic mass is 9.93. The van der Waals surface area contributed by atoms with Gasteiger partial charge in [0.05, 0.1) is 22.3 Å². The summed E-state index contributed by atoms with van der Waals surface area (Å²) in [4.78, 5) is 29.2. The molecule has 0 bridgehead atoms. The molecular weight excluding hydrogens is 398 g/mol. The molecule has 5 aromatic rings. The van der Waals surface area contributed by atoms with Gasteiger partial charge >= 0.3 is 5.97 Å². The van der Waals surface area contributed by atoms with E-state index >= 15 is 0 Å². The monoisotopic (exact) mass is 417 g/mol. The largest absolute Gasteiger partial charge is 0.478 e. The van der Waals surface area contributed by atoms with Crippen molar-refractivity contribution in [2.24, 2.45) is 0 Å². The number of rotatable bonds is 4. The Morgan fingerprint density at radius 3 is 1.78 bits per heavy atom. The van der Waals surface area contributed by atoms with Crippen LogP contribution in [0.3, 0.4) is 0 Å². The lowest BCUT2D eigenvalue weighted by Crippen LogP contribution is -2.11. The zero-order valence-electron chi connectivity index (χ0n) is 17.1. The van der Waals surface area contributed by atoms with Crippen LogP contribution in [0.15, 0.2) is 108 Å². The van der Waals surface area contributed by atoms with Gasteiger partial charge in [-0.1, -0.05) is 91.0 Å². The van der Waals surface area contributed by atoms with Crippen LogP contribution < -0.4 is 5.43 Å². The van der Waals surface area contributed by atoms with Gasteiger partial charge in [-0.05, 0) is 28.8 Å². The van der Waals surface area contributed by atoms with Crippen molar-refractivity contribution in [3.8, 4) is 33.5 Å². The van der Waals surface area contributed by atoms with Gasteiger partial charge in [0.2, 0.25) is 0 Å². The maximum Gasteiger partial charge on any atom is 0.335 e. The van der Waals surface area contributed by atoms with Gasteiger partial charge in [0.15, 0.2) is 5.43 Å². The zero-order valence-corrected chi connectivity index (χ0v) is 17.1. The molecule has 1 heterocycles. The number of fused-ring (bicyclic) bond motifs is 1. The second kappa shape index (κ2) is 8.00. The van der Waals surface area contributed by atoms with E-state index in [0.717, 1.165) is 16.7 Å². The Hall–Kier alpha value is -4.44. The Kier molecular flexibility index (Phi) is 4.88. The molecule has 0 aliphatic rings. The van der Waals surface area contributed by atoms with Gasteiger partial charge in [0.25, 0.3) is 0 Å². The number of carbonyl (C=O) groups is 1. The van der Waals surface area contributed by atoms with E-state index in [4.69, 9.17) is 0 Å². The number of carboxylic acids is 1. The highest BCUT2D eigenvalue weighted by atomic mass is 16.4. The number of hydrogen-bond donors (Lipinski definition) is 2. The molecule has 0 aliphatic heterocycles. The molecule has 32 heavy (non-hydrogen) atoms. The molecule has 0 spiro atoms. The number of H-pyrrole nitrogens is 1. The predicted octanol–water partition coefficient (Wildman–Crippen LogP) is 6.23. The lowest BCUT2D eigenvalue weighted by molar-refractivity contribution is 0.0697. The first-order chi connectivity index (χ1) is 15.6. The Morgan fingerprint density at radius 2 is 1.22 bits per heavy atom. The normalized spacial score (nSPS) is 10.9. The second-order valence-corrected chi connectivity index (χ2v) is 7.55. The SMILES string of the molecule is O=C(O)c1cc(-c2ccccc2)c2[nH]c(-c3ccccc3)c(-c3ccccc3)c(=O)c2c1. The van der Waals surface area contributed by atoms with Crippen LogP contribution in [-0.2, 0) is 0 Å². The molecule has 1 aromatic heterocycles. The topological polar surface area (TPSA) is 70.2 Å². The molecule has 0 saturated carbocycles. The fourth-order valence-corrected chi connectivity index (χ4v) is 4.06. The quantitative estimate of drug-likeness (QED) is 0.364. The number of benzene rings is 4. The van der Waals surface area contributed by atoms with E-state index in [-0.39, 0.29) is 11.0 Å². The van der Waals surface area contributed by atoms with Crippen molar-refractivity contribution in [2.75, 3.05) is 0 Å². The van der Waals surface area contributed by atoms with E-state index in [0.29, 0.717) is 27.7 Å². The average molecular weight is 417 g/mol. The molecule has 0 fully saturated rings. The summed E-state index contributed by atoms with van der Waals surface area (Å²) in [5, 5.41) is 10.1. The zero-order chi connectivity index (χ0) is 22.1. The van der Waals surface area contributed by atoms with Crippen molar-refractivity contribution >= 4 is 16.9 Å². The van der Waals surface area contributed by atoms with Gasteiger partial charge in [-0.25, -0.2) is 4.79 Å². The molecule has 4 aromatic carbocycles. The number of nitrogens with one attached hydrogen (secondary N) is 1. The standard InChI is InChI=1S/C28H19NO3/c30-27-23-17-21(28(31)32)16-22(18-10-4-1-5-11-18)26(23)29-25(20-14-8-3-9-15-20)24(27)19-12-6-2-7-13-19/h1-17H,(H,29,30)(H,31,32). The summed E-state index contributed by atoms with van der Waals surface area (Å²) in [6, 6.07) is 31.7. The van der Waals surface area contributed by atoms with Gasteiger partial charge < -0.3 is 10.1 Å². The summed E-state index contributed by atoms with van der Waals surface area (Å²) in [6.07, 6.45) is 0. The highest BCUT2D eigenvalue weighted by molar-refractivity contribution is 6.03. The smallest absolute Gasteiger partial charge is 0.335 e. The van der Waals surface area contributed by atoms with Crippen LogP contribution in [0.2, 0.25) is 0 Å². The molecule has 0 unspecified atom stereocenters. The number of pyridine rings is 1. The Balaban J connectivity index is 1.95. The van der Waals surface area contributed by atoms with Crippen molar-refractivity contribution in [1.29, 1.82) is 0 Å². The molecule has 154 valence electrons. The van der Waals surface area contributed by atoms with Crippen molar-refractivity contribution in [3.63, 3.8) is 0 Å². The summed E-state index contributed by atoms with van der Waals surface area (Å²) in [5.74, 6) is -1.07. The van der Waals surface area contributed by atoms with E-state index in [1.165, 1.54) is 6.07 Å². The van der Waals surface area contributed by atoms with Crippen LogP contribution >= 0.6 is 0 Å². The second-order valence-electron chi connectivity index (χ2n) is 7.55. The van der Waals surface area contributed by atoms with Gasteiger partial charge in [0, 0.05) is 10.9 Å². The molecule has 2 N–H and O–H groups in total. The van der Waals surface area contributed by atoms with Crippen LogP contribution in [-0.4, -0.2) is 16.1 Å². The van der Waals surface area contributed by atoms with Crippen molar-refractivity contribution in [3.05, 3.63) is 119 Å². The number of aromatic amines is 1. The molecule has 0 amide bonds. The minimum atomic E-state index is -1.07. The first-order valence-electron chi connectivity index (χ1n) is 10.3. The first kappa shape index (κ1) is 19.5. The molecule has 0 saturated heterocycles. The van der Waals surface area contributed by atoms with Gasteiger partial charge in [-0.15, -0.1) is 0 Å². The lowest BCUT2D eigenvalue weighted by Gasteiger charge is -2.15. The maximum absolute atomic E-state index is 13.9. The number of carboxylic acid groups (broad SMARTS) is 1. The summed E-state index contributed by atoms with van der Waals surface area (Å²) >= 11 is 0. The Morgan fingerprint density at radius 1 is 0.688 bits per heavy atom. The third-order valence-electron chi connectivity index (χ3n) is 5.57. The van der Waals surface area contributed by atoms with Gasteiger partial charge in [-0.3, -0.25) is 4.79 Å². The van der Waals surface area contributed by atoms with Crippen LogP contribution in [0.25, 0.3) is 44.4 Å². The predicted molar refractivity (Wildman–Crippen MR) is 128 cm³/mol. The summed E-state index contributed by atoms with van der Waals surface area (Å²) in [7, 11) is 0. The van der Waals surface area contributed by atoms with Crippen LogP contribution in [0.5, 0.6) is 0 Å². The van der Waals surface area contributed by atoms with Crippen molar-refractivity contribution in [2.45, 2.75) is 0 Å². The highest BCUT2D eigenvalue weighted by Crippen LogP contribution is 2.34. The average Bonchev–Trinajstić information content (AvgIpc) is 2.85. The van der Waals surface area contributed by atoms with E-state index in [1.807, 2.05) is 91.0 Å². The Bertz CT molecular complexity index is 1490. The Labute approximate surface area is 184 Å². The van der Waals surface area contributed by atoms with Crippen molar-refractivity contribution < 1.29 is 9.90 Å². The van der Waals surface area contributed by atoms with Crippen LogP contribution in [0.4, 0.5) is 0 Å². The van der Waals surface area contributed by atoms with E-state index in [1.54, 1.807) is 6.07 Å². The van der Waals surface area contributed by atoms with Gasteiger partial charge in [0.1, 0.15) is 0 Å². The van der Waals surface area contributed by atoms with E-state index in [2.05, 4.69) is 4.98 Å². The molecule has 4 nitrogen and oxygen atoms in total. The van der Waals surface area contributed by atoms with E-state index < -0.39 is 5.97 Å². The third-order valence-corrected chi connectivity index (χ3v) is 5.57. The molecule has 5 rings (SSSR count). The molecule has 0 radical (unpaired) electrons. The number of aromatic carboxylic acids is 1. The fraction of sp³-hybridized carbons (Fsp3) is 0. The summed E-state index contributed by atoms with van der Waals surface area (Å²) < 4.78 is 0. The van der Waals surface area contributed by atoms with Gasteiger partial charge in [-0.2, -0.15) is 0 Å². The fourth-order valence-electron chi connectivity index (χ4n) is 4.06. The van der Waals surface area contributed by atoms with Crippen LogP contribution in [0.1, 0.15) is 10.4 Å². The highest BCUT2D eigenvalue weighted by Gasteiger charge is 2.19. The minimum absolute atomic E-state index is 0.0772. The molecule has 0 aliphatic carbocycles. The third kappa shape index (κ3) is 3.38. The number of aromatic nitrogens is 1. The molecule has 4 heteroatoms. The maximum atomic E-state index is 13.9. The number of hydrogen-bond acceptors (Lipinski definition) is 2. The molecular formula is C28H19NO3. The first-order valence-corrected chi connectivity index (χ1v) is 10.3. The van der Waals surface area contributed by atoms with Crippen LogP contribution in [0, 0.1) is 0 Å². The summed E-state index contributed by atoms with van der Waals surface area (Å²) in [6.45, 7) is 0. The minimum Gasteiger partial charge on any atom is -0.478 e.